The van der Waals surface area contributed by atoms with Crippen LogP contribution in [-0.4, -0.2) is 198 Å². The van der Waals surface area contributed by atoms with Crippen LogP contribution in [0.1, 0.15) is 296 Å². The fraction of sp³-hybridized carbons (Fsp3) is 0.830. The summed E-state index contributed by atoms with van der Waals surface area (Å²) in [7, 11) is 0. The number of esters is 7. The SMILES string of the molecule is CC(C)C(OC(=O)OC1CCCCC1)C(F)(F)C(=O)[O-].CC(C)CC(OC(=O)C1C2CC3OC(=O)C1C3C2)C(F)(F)C(=O)[O-].CC(C)CC(OC(=O)C1CC2C=CC1C2)C(F)(F)C(=O)[O-].CC(C)CC(OC(=O)C1CC2CCC1C2)C(F)(F)C(=O)[O-].CC(C)CC(OC(=O)C1CC2CCC1O2)C(F)(F)C(=O)[O-].CC(C)CC(OC(=O)C1CCCC1)C(F)(F)C(=O)[O-].CC(C)CC(OC(=O)C1CCCCC1)C(F)(F)C(=O)[O-]. The Labute approximate surface area is 838 Å². The summed E-state index contributed by atoms with van der Waals surface area (Å²) in [6, 6.07) is 0. The molecule has 834 valence electrons. The lowest BCUT2D eigenvalue weighted by molar-refractivity contribution is -0.338. The Morgan fingerprint density at radius 2 is 0.685 bits per heavy atom. The second-order valence-corrected chi connectivity index (χ2v) is 43.2. The molecule has 12 aliphatic rings. The predicted octanol–water partition coefficient (Wildman–Crippen LogP) is 10.0. The third-order valence-corrected chi connectivity index (χ3v) is 28.4. The molecule has 146 heavy (non-hydrogen) atoms. The van der Waals surface area contributed by atoms with Crippen molar-refractivity contribution in [3.05, 3.63) is 12.2 Å². The molecule has 46 heteroatoms. The van der Waals surface area contributed by atoms with E-state index in [2.05, 4.69) is 4.74 Å². The maximum atomic E-state index is 13.8. The molecular formula is C100H137F14O32-7. The molecular weight excluding hydrogens is 1980 g/mol. The number of carbonyl (C=O) groups excluding carboxylic acids is 15. The van der Waals surface area contributed by atoms with Crippen molar-refractivity contribution in [2.45, 2.75) is 405 Å². The molecule has 3 saturated heterocycles. The van der Waals surface area contributed by atoms with Gasteiger partial charge in [0, 0.05) is 5.92 Å². The maximum absolute atomic E-state index is 13.8. The average Bonchev–Trinajstić information content (AvgIpc) is 1.56. The van der Waals surface area contributed by atoms with E-state index in [0.717, 1.165) is 83.5 Å². The largest absolute Gasteiger partial charge is 0.544 e. The highest BCUT2D eigenvalue weighted by molar-refractivity contribution is 5.87. The maximum Gasteiger partial charge on any atom is 0.509 e. The Hall–Kier alpha value is -9.43. The molecule has 9 aliphatic carbocycles. The second-order valence-electron chi connectivity index (χ2n) is 43.2. The van der Waals surface area contributed by atoms with E-state index in [1.54, 1.807) is 83.1 Å². The summed E-state index contributed by atoms with van der Waals surface area (Å²) in [6.45, 7) is 22.5. The van der Waals surface area contributed by atoms with Gasteiger partial charge in [-0.05, 0) is 225 Å². The number of ether oxygens (including phenoxy) is 10. The van der Waals surface area contributed by atoms with E-state index in [-0.39, 0.29) is 134 Å². The van der Waals surface area contributed by atoms with E-state index >= 15 is 0 Å². The van der Waals surface area contributed by atoms with Crippen molar-refractivity contribution < 1.29 is 216 Å². The Morgan fingerprint density at radius 1 is 0.336 bits per heavy atom. The molecule has 0 aromatic carbocycles. The third-order valence-electron chi connectivity index (χ3n) is 28.4. The lowest BCUT2D eigenvalue weighted by atomic mass is 9.80. The molecule has 3 heterocycles. The monoisotopic (exact) mass is 2120 g/mol. The van der Waals surface area contributed by atoms with Crippen LogP contribution in [-0.2, 0) is 114 Å². The topological polar surface area (TPSA) is 510 Å². The number of allylic oxidation sites excluding steroid dienone is 2. The van der Waals surface area contributed by atoms with Crippen LogP contribution in [0.25, 0.3) is 0 Å². The Kier molecular flexibility index (Phi) is 46.2. The Balaban J connectivity index is 0.000000261. The second kappa shape index (κ2) is 53.8. The van der Waals surface area contributed by atoms with Crippen molar-refractivity contribution >= 4 is 89.7 Å². The minimum absolute atomic E-state index is 0.0160. The van der Waals surface area contributed by atoms with Gasteiger partial charge in [-0.3, -0.25) is 33.6 Å². The molecule has 12 rings (SSSR count). The lowest BCUT2D eigenvalue weighted by Gasteiger charge is -2.31. The zero-order valence-corrected chi connectivity index (χ0v) is 84.3. The van der Waals surface area contributed by atoms with Crippen LogP contribution in [0.2, 0.25) is 0 Å². The van der Waals surface area contributed by atoms with Crippen molar-refractivity contribution in [1.29, 1.82) is 0 Å². The van der Waals surface area contributed by atoms with Gasteiger partial charge in [0.05, 0.1) is 53.6 Å². The summed E-state index contributed by atoms with van der Waals surface area (Å²) in [4.78, 5) is 170. The van der Waals surface area contributed by atoms with E-state index < -0.39 is 209 Å². The first-order valence-electron chi connectivity index (χ1n) is 50.3. The number of carbonyl (C=O) groups is 15. The van der Waals surface area contributed by atoms with Crippen LogP contribution < -0.4 is 35.7 Å². The summed E-state index contributed by atoms with van der Waals surface area (Å²) in [5.41, 5.74) is 0. The number of rotatable bonds is 41. The van der Waals surface area contributed by atoms with Gasteiger partial charge in [-0.15, -0.1) is 0 Å². The van der Waals surface area contributed by atoms with Crippen LogP contribution in [0.4, 0.5) is 66.3 Å². The van der Waals surface area contributed by atoms with Gasteiger partial charge in [-0.1, -0.05) is 154 Å². The normalized spacial score (nSPS) is 26.0. The number of hydrogen-bond acceptors (Lipinski definition) is 32. The van der Waals surface area contributed by atoms with Gasteiger partial charge in [-0.2, -0.15) is 61.5 Å². The highest BCUT2D eigenvalue weighted by atomic mass is 19.3. The highest BCUT2D eigenvalue weighted by Gasteiger charge is 2.66. The summed E-state index contributed by atoms with van der Waals surface area (Å²) < 4.78 is 240. The standard InChI is InChI=1S/C16H20F2O6.C15H22F2O4.C15H20F2O4.C14H20F2O5.C14H22F2O4.C13H20F2O5.C13H20F2O4/c1-6(2)3-10(16(17,18)15(21)22)24-13(19)11-7-4-8-9(5-7)23-14(20)12(8)11;2*1-8(2)5-12(15(16,17)14(19)20)21-13(18)11-7-9-3-4-10(11)6-9;1-7(2)5-11(14(15,16)13(18)19)21-12(17)9-6-8-3-4-10(9)20-8;1-9(2)8-11(14(15,16)13(18)19)20-12(17)10-6-4-3-5-7-10;1-8(2)10(13(14,15)11(16)17)20-12(18)19-9-6-4-3-5-7-9;1-8(2)7-10(13(14,15)12(17)18)19-11(16)9-5-3-4-6-9/h6-12H,3-5H2,1-2H3,(H,21,22);8-12H,3-7H2,1-2H3,(H,19,20);3-4,8-12H,5-7H2,1-2H3,(H,19,20);7-11H,3-6H2,1-2H3,(H,18,19);9-11H,3-8H2,1-2H3,(H,18,19);8-10H,3-7H2,1-2H3,(H,16,17);8-10H,3-7H2,1-2H3,(H,17,18)/p-7. The van der Waals surface area contributed by atoms with Gasteiger partial charge in [0.25, 0.3) is 0 Å². The smallest absolute Gasteiger partial charge is 0.509 e. The first-order valence-corrected chi connectivity index (χ1v) is 50.3. The lowest BCUT2D eigenvalue weighted by Crippen LogP contribution is -2.53. The number of aliphatic carboxylic acids is 7. The summed E-state index contributed by atoms with van der Waals surface area (Å²) in [5, 5.41) is 74.0. The van der Waals surface area contributed by atoms with Crippen molar-refractivity contribution in [1.82, 2.24) is 0 Å². The van der Waals surface area contributed by atoms with E-state index in [9.17, 15) is 169 Å². The molecule has 0 aromatic rings. The van der Waals surface area contributed by atoms with E-state index in [4.69, 9.17) is 42.6 Å². The fourth-order valence-corrected chi connectivity index (χ4v) is 20.8. The first-order chi connectivity index (χ1) is 67.5. The number of halogens is 14. The van der Waals surface area contributed by atoms with Gasteiger partial charge in [0.2, 0.25) is 0 Å². The van der Waals surface area contributed by atoms with Crippen LogP contribution in [0.5, 0.6) is 0 Å². The predicted molar refractivity (Wildman–Crippen MR) is 464 cm³/mol. The molecule has 8 bridgehead atoms. The zero-order chi connectivity index (χ0) is 110. The molecule has 0 spiro atoms. The minimum atomic E-state index is -4.28. The molecule has 32 nitrogen and oxygen atoms in total. The molecule has 0 amide bonds. The van der Waals surface area contributed by atoms with Crippen LogP contribution in [0.3, 0.4) is 0 Å². The van der Waals surface area contributed by atoms with Gasteiger partial charge in [-0.25, -0.2) is 4.79 Å². The minimum Gasteiger partial charge on any atom is -0.544 e. The van der Waals surface area contributed by atoms with Gasteiger partial charge >= 0.3 is 89.4 Å². The van der Waals surface area contributed by atoms with E-state index in [1.807, 2.05) is 12.2 Å². The van der Waals surface area contributed by atoms with E-state index in [1.165, 1.54) is 13.8 Å². The van der Waals surface area contributed by atoms with E-state index in [0.29, 0.717) is 88.9 Å². The van der Waals surface area contributed by atoms with Crippen LogP contribution in [0.15, 0.2) is 12.2 Å². The summed E-state index contributed by atoms with van der Waals surface area (Å²) in [6.07, 6.45) is 5.76. The zero-order valence-electron chi connectivity index (χ0n) is 84.3. The number of carboxylic acid groups (broad SMARTS) is 7. The molecule has 8 saturated carbocycles. The van der Waals surface area contributed by atoms with Crippen molar-refractivity contribution in [2.24, 2.45) is 118 Å². The summed E-state index contributed by atoms with van der Waals surface area (Å²) in [5.74, 6) is -57.2. The molecule has 0 aromatic heterocycles. The summed E-state index contributed by atoms with van der Waals surface area (Å²) >= 11 is 0. The van der Waals surface area contributed by atoms with Crippen molar-refractivity contribution in [3.63, 3.8) is 0 Å². The van der Waals surface area contributed by atoms with Crippen molar-refractivity contribution in [2.75, 3.05) is 0 Å². The average molecular weight is 2120 g/mol. The molecule has 0 N–H and O–H groups in total. The van der Waals surface area contributed by atoms with Crippen molar-refractivity contribution in [3.8, 4) is 0 Å². The molecule has 21 unspecified atom stereocenters. The number of carboxylic acids is 7. The number of fused-ring (bicyclic) bond motifs is 7. The molecule has 3 aliphatic heterocycles. The fourth-order valence-electron chi connectivity index (χ4n) is 20.8. The first kappa shape index (κ1) is 125. The molecule has 21 atom stereocenters. The molecule has 11 fully saturated rings. The number of hydrogen-bond donors (Lipinski definition) is 0. The third kappa shape index (κ3) is 34.3. The van der Waals surface area contributed by atoms with Gasteiger partial charge < -0.3 is 117 Å². The van der Waals surface area contributed by atoms with Gasteiger partial charge in [0.1, 0.15) is 54.0 Å². The quantitative estimate of drug-likeness (QED) is 0.0237. The Morgan fingerprint density at radius 3 is 0.993 bits per heavy atom. The van der Waals surface area contributed by atoms with Crippen LogP contribution in [0, 0.1) is 118 Å². The highest BCUT2D eigenvalue weighted by Crippen LogP contribution is 2.59. The Bertz CT molecular complexity index is 4350. The van der Waals surface area contributed by atoms with Crippen LogP contribution >= 0.6 is 0 Å². The molecule has 0 radical (unpaired) electrons. The van der Waals surface area contributed by atoms with Gasteiger partial charge in [0.15, 0.2) is 42.7 Å². The number of alkyl halides is 14.